The number of carbonyl (C=O) groups is 2. The fraction of sp³-hybridized carbons (Fsp3) is 0.758. The minimum atomic E-state index is -0.681. The number of aliphatic carboxylic acids is 1. The Morgan fingerprint density at radius 2 is 1.08 bits per heavy atom. The minimum Gasteiger partial charge on any atom is -0.481 e. The Labute approximate surface area is 229 Å². The van der Waals surface area contributed by atoms with E-state index in [9.17, 15) is 9.59 Å². The summed E-state index contributed by atoms with van der Waals surface area (Å²) < 4.78 is 5.58. The van der Waals surface area contributed by atoms with E-state index < -0.39 is 5.97 Å². The lowest BCUT2D eigenvalue weighted by atomic mass is 10.0. The average molecular weight is 519 g/mol. The van der Waals surface area contributed by atoms with E-state index in [1.807, 2.05) is 6.92 Å². The Morgan fingerprint density at radius 3 is 1.65 bits per heavy atom. The van der Waals surface area contributed by atoms with Crippen molar-refractivity contribution in [2.75, 3.05) is 0 Å². The van der Waals surface area contributed by atoms with Gasteiger partial charge in [-0.25, -0.2) is 0 Å². The standard InChI is InChI=1S/C33H58O4/c1-3-4-5-6-7-8-9-10-11-12-13-18-21-24-27-30-33(36)37-31(2)28-25-22-19-16-14-15-17-20-23-26-29-32(34)35/h4-5,7-8,10-11,31H,3,6,9,12-30H2,1-2H3,(H,34,35)/b5-4-,8-7-,11-10-. The molecule has 0 saturated carbocycles. The number of carbonyl (C=O) groups excluding carboxylic acids is 1. The van der Waals surface area contributed by atoms with Crippen molar-refractivity contribution in [3.63, 3.8) is 0 Å². The molecular weight excluding hydrogens is 460 g/mol. The zero-order chi connectivity index (χ0) is 27.2. The number of hydrogen-bond acceptors (Lipinski definition) is 3. The number of esters is 1. The zero-order valence-corrected chi connectivity index (χ0v) is 24.3. The van der Waals surface area contributed by atoms with E-state index in [2.05, 4.69) is 43.4 Å². The maximum absolute atomic E-state index is 12.1. The molecule has 0 radical (unpaired) electrons. The van der Waals surface area contributed by atoms with Gasteiger partial charge in [0.25, 0.3) is 0 Å². The van der Waals surface area contributed by atoms with Gasteiger partial charge in [0.15, 0.2) is 0 Å². The second-order valence-electron chi connectivity index (χ2n) is 10.4. The highest BCUT2D eigenvalue weighted by Crippen LogP contribution is 2.14. The number of carboxylic acids is 1. The van der Waals surface area contributed by atoms with Gasteiger partial charge >= 0.3 is 11.9 Å². The predicted molar refractivity (Wildman–Crippen MR) is 158 cm³/mol. The van der Waals surface area contributed by atoms with Crippen molar-refractivity contribution in [3.8, 4) is 0 Å². The van der Waals surface area contributed by atoms with Crippen LogP contribution in [0.5, 0.6) is 0 Å². The largest absolute Gasteiger partial charge is 0.481 e. The molecule has 0 aromatic rings. The molecule has 0 aliphatic rings. The SMILES string of the molecule is CC/C=C\C/C=C\C/C=C\CCCCCCCC(=O)OC(C)CCCCCCCCCCCCC(=O)O. The first-order valence-electron chi connectivity index (χ1n) is 15.4. The summed E-state index contributed by atoms with van der Waals surface area (Å²) in [6, 6.07) is 0. The van der Waals surface area contributed by atoms with Crippen LogP contribution in [0.25, 0.3) is 0 Å². The first kappa shape index (κ1) is 35.2. The first-order chi connectivity index (χ1) is 18.1. The summed E-state index contributed by atoms with van der Waals surface area (Å²) in [5.41, 5.74) is 0. The van der Waals surface area contributed by atoms with E-state index in [0.717, 1.165) is 70.6 Å². The van der Waals surface area contributed by atoms with Crippen LogP contribution in [0.1, 0.15) is 155 Å². The number of allylic oxidation sites excluding steroid dienone is 6. The lowest BCUT2D eigenvalue weighted by Crippen LogP contribution is -2.14. The van der Waals surface area contributed by atoms with Gasteiger partial charge in [-0.2, -0.15) is 0 Å². The van der Waals surface area contributed by atoms with Gasteiger partial charge in [0.2, 0.25) is 0 Å². The highest BCUT2D eigenvalue weighted by Gasteiger charge is 2.09. The molecule has 0 rings (SSSR count). The zero-order valence-electron chi connectivity index (χ0n) is 24.3. The molecule has 0 aromatic heterocycles. The molecule has 1 unspecified atom stereocenters. The van der Waals surface area contributed by atoms with Crippen LogP contribution >= 0.6 is 0 Å². The molecule has 0 bridgehead atoms. The molecule has 37 heavy (non-hydrogen) atoms. The molecule has 0 aliphatic carbocycles. The van der Waals surface area contributed by atoms with Gasteiger partial charge in [0.1, 0.15) is 0 Å². The maximum Gasteiger partial charge on any atom is 0.306 e. The summed E-state index contributed by atoms with van der Waals surface area (Å²) in [5, 5.41) is 8.62. The van der Waals surface area contributed by atoms with Gasteiger partial charge < -0.3 is 9.84 Å². The number of carboxylic acid groups (broad SMARTS) is 1. The van der Waals surface area contributed by atoms with Gasteiger partial charge in [-0.05, 0) is 64.7 Å². The van der Waals surface area contributed by atoms with E-state index in [0.29, 0.717) is 12.8 Å². The van der Waals surface area contributed by atoms with E-state index in [-0.39, 0.29) is 12.1 Å². The summed E-state index contributed by atoms with van der Waals surface area (Å²) in [6.07, 6.45) is 37.0. The van der Waals surface area contributed by atoms with E-state index >= 15 is 0 Å². The molecule has 1 atom stereocenters. The van der Waals surface area contributed by atoms with Crippen LogP contribution in [0.3, 0.4) is 0 Å². The Morgan fingerprint density at radius 1 is 0.622 bits per heavy atom. The molecule has 0 spiro atoms. The second kappa shape index (κ2) is 28.7. The van der Waals surface area contributed by atoms with Gasteiger partial charge in [0, 0.05) is 12.8 Å². The topological polar surface area (TPSA) is 63.6 Å². The number of rotatable bonds is 27. The molecule has 0 amide bonds. The van der Waals surface area contributed by atoms with Gasteiger partial charge in [-0.1, -0.05) is 114 Å². The molecule has 4 nitrogen and oxygen atoms in total. The van der Waals surface area contributed by atoms with Crippen molar-refractivity contribution < 1.29 is 19.4 Å². The van der Waals surface area contributed by atoms with Crippen LogP contribution < -0.4 is 0 Å². The molecule has 0 saturated heterocycles. The smallest absolute Gasteiger partial charge is 0.306 e. The molecule has 1 N–H and O–H groups in total. The van der Waals surface area contributed by atoms with Crippen molar-refractivity contribution >= 4 is 11.9 Å². The predicted octanol–water partition coefficient (Wildman–Crippen LogP) is 10.3. The normalized spacial score (nSPS) is 12.7. The lowest BCUT2D eigenvalue weighted by molar-refractivity contribution is -0.148. The third-order valence-corrected chi connectivity index (χ3v) is 6.62. The Bertz CT molecular complexity index is 605. The Kier molecular flexibility index (Phi) is 27.3. The molecule has 214 valence electrons. The summed E-state index contributed by atoms with van der Waals surface area (Å²) in [7, 11) is 0. The summed E-state index contributed by atoms with van der Waals surface area (Å²) in [6.45, 7) is 4.18. The van der Waals surface area contributed by atoms with Gasteiger partial charge in [0.05, 0.1) is 6.10 Å². The number of unbranched alkanes of at least 4 members (excludes halogenated alkanes) is 14. The van der Waals surface area contributed by atoms with E-state index in [4.69, 9.17) is 9.84 Å². The number of ether oxygens (including phenoxy) is 1. The van der Waals surface area contributed by atoms with Gasteiger partial charge in [-0.15, -0.1) is 0 Å². The van der Waals surface area contributed by atoms with Crippen molar-refractivity contribution in [1.29, 1.82) is 0 Å². The molecule has 0 aromatic carbocycles. The van der Waals surface area contributed by atoms with Crippen LogP contribution in [0.15, 0.2) is 36.5 Å². The van der Waals surface area contributed by atoms with E-state index in [1.165, 1.54) is 57.8 Å². The fourth-order valence-corrected chi connectivity index (χ4v) is 4.35. The van der Waals surface area contributed by atoms with Crippen LogP contribution in [0, 0.1) is 0 Å². The Balaban J connectivity index is 3.40. The van der Waals surface area contributed by atoms with Crippen molar-refractivity contribution in [1.82, 2.24) is 0 Å². The second-order valence-corrected chi connectivity index (χ2v) is 10.4. The summed E-state index contributed by atoms with van der Waals surface area (Å²) in [4.78, 5) is 22.5. The molecule has 0 heterocycles. The minimum absolute atomic E-state index is 0.0305. The lowest BCUT2D eigenvalue weighted by Gasteiger charge is -2.13. The monoisotopic (exact) mass is 518 g/mol. The highest BCUT2D eigenvalue weighted by molar-refractivity contribution is 5.69. The highest BCUT2D eigenvalue weighted by atomic mass is 16.5. The van der Waals surface area contributed by atoms with E-state index in [1.54, 1.807) is 0 Å². The van der Waals surface area contributed by atoms with Crippen LogP contribution in [0.2, 0.25) is 0 Å². The fourth-order valence-electron chi connectivity index (χ4n) is 4.35. The quantitative estimate of drug-likeness (QED) is 0.0667. The molecular formula is C33H58O4. The average Bonchev–Trinajstić information content (AvgIpc) is 2.86. The van der Waals surface area contributed by atoms with Crippen molar-refractivity contribution in [3.05, 3.63) is 36.5 Å². The first-order valence-corrected chi connectivity index (χ1v) is 15.4. The molecule has 4 heteroatoms. The number of hydrogen-bond donors (Lipinski definition) is 1. The summed E-state index contributed by atoms with van der Waals surface area (Å²) >= 11 is 0. The Hall–Kier alpha value is -1.84. The third-order valence-electron chi connectivity index (χ3n) is 6.62. The molecule has 0 aliphatic heterocycles. The van der Waals surface area contributed by atoms with Crippen LogP contribution in [-0.4, -0.2) is 23.1 Å². The van der Waals surface area contributed by atoms with Crippen LogP contribution in [0.4, 0.5) is 0 Å². The maximum atomic E-state index is 12.1. The molecule has 0 fully saturated rings. The van der Waals surface area contributed by atoms with Crippen molar-refractivity contribution in [2.45, 2.75) is 161 Å². The third kappa shape index (κ3) is 30.3. The van der Waals surface area contributed by atoms with Crippen LogP contribution in [-0.2, 0) is 14.3 Å². The van der Waals surface area contributed by atoms with Crippen molar-refractivity contribution in [2.24, 2.45) is 0 Å². The van der Waals surface area contributed by atoms with Gasteiger partial charge in [-0.3, -0.25) is 9.59 Å². The summed E-state index contributed by atoms with van der Waals surface area (Å²) in [5.74, 6) is -0.711.